The average Bonchev–Trinajstić information content (AvgIpc) is 2.84. The summed E-state index contributed by atoms with van der Waals surface area (Å²) in [6.07, 6.45) is 1.45. The van der Waals surface area contributed by atoms with Crippen LogP contribution in [0.15, 0.2) is 60.7 Å². The molecular formula is C29H30ClFN2O. The van der Waals surface area contributed by atoms with Crippen LogP contribution in [0.5, 0.6) is 5.75 Å². The summed E-state index contributed by atoms with van der Waals surface area (Å²) in [6.45, 7) is 8.68. The number of phenolic OH excluding ortho intramolecular Hbond substituents is 1. The van der Waals surface area contributed by atoms with Gasteiger partial charge in [-0.2, -0.15) is 0 Å². The van der Waals surface area contributed by atoms with Crippen LogP contribution in [0.4, 0.5) is 10.1 Å². The van der Waals surface area contributed by atoms with Gasteiger partial charge in [-0.3, -0.25) is 4.90 Å². The van der Waals surface area contributed by atoms with Gasteiger partial charge in [0.2, 0.25) is 0 Å². The van der Waals surface area contributed by atoms with Gasteiger partial charge < -0.3 is 10.0 Å². The number of allylic oxidation sites excluding steroid dienone is 1. The van der Waals surface area contributed by atoms with Crippen molar-refractivity contribution in [1.82, 2.24) is 4.90 Å². The first-order valence-electron chi connectivity index (χ1n) is 12.0. The zero-order chi connectivity index (χ0) is 23.8. The van der Waals surface area contributed by atoms with Crippen LogP contribution in [0.25, 0.3) is 11.1 Å². The molecular weight excluding hydrogens is 447 g/mol. The first-order valence-corrected chi connectivity index (χ1v) is 12.4. The van der Waals surface area contributed by atoms with Crippen molar-refractivity contribution in [3.05, 3.63) is 93.8 Å². The average molecular weight is 477 g/mol. The number of hydrogen-bond acceptors (Lipinski definition) is 3. The standard InChI is InChI=1S/C29H30ClFN2O/c1-19(2)32-13-15-33(16-14-32)23-7-3-20(4-8-23)29-25-12-9-24(34)17-21(25)5-10-27(29)26-11-6-22(30)18-28(26)31/h3-4,6-9,11-12,17-19,34H,5,10,13-16H2,1-2H3. The molecule has 2 aliphatic rings. The molecule has 1 fully saturated rings. The Morgan fingerprint density at radius 3 is 2.24 bits per heavy atom. The van der Waals surface area contributed by atoms with Gasteiger partial charge in [0.1, 0.15) is 11.6 Å². The normalized spacial score (nSPS) is 16.8. The molecule has 1 heterocycles. The summed E-state index contributed by atoms with van der Waals surface area (Å²) in [7, 11) is 0. The van der Waals surface area contributed by atoms with Crippen LogP contribution in [0.2, 0.25) is 5.02 Å². The van der Waals surface area contributed by atoms with Crippen LogP contribution in [0, 0.1) is 5.82 Å². The SMILES string of the molecule is CC(C)N1CCN(c2ccc(C3=C(c4ccc(Cl)cc4F)CCc4cc(O)ccc43)cc2)CC1. The molecule has 1 N–H and O–H groups in total. The Labute approximate surface area is 206 Å². The zero-order valence-corrected chi connectivity index (χ0v) is 20.4. The summed E-state index contributed by atoms with van der Waals surface area (Å²) in [4.78, 5) is 4.95. The fourth-order valence-corrected chi connectivity index (χ4v) is 5.41. The maximum atomic E-state index is 15.0. The second-order valence-electron chi connectivity index (χ2n) is 9.48. The quantitative estimate of drug-likeness (QED) is 0.458. The number of nitrogens with zero attached hydrogens (tertiary/aromatic N) is 2. The van der Waals surface area contributed by atoms with Crippen molar-refractivity contribution < 1.29 is 9.50 Å². The van der Waals surface area contributed by atoms with E-state index in [-0.39, 0.29) is 11.6 Å². The van der Waals surface area contributed by atoms with Crippen LogP contribution >= 0.6 is 11.6 Å². The predicted octanol–water partition coefficient (Wildman–Crippen LogP) is 6.62. The van der Waals surface area contributed by atoms with Crippen molar-refractivity contribution in [2.24, 2.45) is 0 Å². The largest absolute Gasteiger partial charge is 0.508 e. The lowest BCUT2D eigenvalue weighted by molar-refractivity contribution is 0.209. The lowest BCUT2D eigenvalue weighted by atomic mass is 9.79. The van der Waals surface area contributed by atoms with Gasteiger partial charge in [0.05, 0.1) is 0 Å². The molecule has 5 rings (SSSR count). The summed E-state index contributed by atoms with van der Waals surface area (Å²) >= 11 is 6.03. The molecule has 0 radical (unpaired) electrons. The van der Waals surface area contributed by atoms with Crippen LogP contribution in [0.1, 0.15) is 42.5 Å². The van der Waals surface area contributed by atoms with Crippen molar-refractivity contribution in [2.45, 2.75) is 32.7 Å². The van der Waals surface area contributed by atoms with Gasteiger partial charge >= 0.3 is 0 Å². The summed E-state index contributed by atoms with van der Waals surface area (Å²) in [5.41, 5.74) is 7.00. The summed E-state index contributed by atoms with van der Waals surface area (Å²) < 4.78 is 15.0. The van der Waals surface area contributed by atoms with Crippen molar-refractivity contribution >= 4 is 28.4 Å². The molecule has 1 aliphatic heterocycles. The smallest absolute Gasteiger partial charge is 0.132 e. The molecule has 34 heavy (non-hydrogen) atoms. The van der Waals surface area contributed by atoms with Crippen molar-refractivity contribution in [3.63, 3.8) is 0 Å². The number of rotatable bonds is 4. The van der Waals surface area contributed by atoms with E-state index < -0.39 is 0 Å². The van der Waals surface area contributed by atoms with Gasteiger partial charge in [0.25, 0.3) is 0 Å². The second kappa shape index (κ2) is 9.44. The van der Waals surface area contributed by atoms with E-state index in [1.807, 2.05) is 12.1 Å². The minimum absolute atomic E-state index is 0.259. The number of phenols is 1. The van der Waals surface area contributed by atoms with E-state index in [0.29, 0.717) is 23.0 Å². The maximum absolute atomic E-state index is 15.0. The van der Waals surface area contributed by atoms with Crippen molar-refractivity contribution in [2.75, 3.05) is 31.1 Å². The fraction of sp³-hybridized carbons (Fsp3) is 0.310. The van der Waals surface area contributed by atoms with Crippen molar-refractivity contribution in [1.29, 1.82) is 0 Å². The Kier molecular flexibility index (Phi) is 6.37. The van der Waals surface area contributed by atoms with E-state index in [0.717, 1.165) is 60.4 Å². The summed E-state index contributed by atoms with van der Waals surface area (Å²) in [5, 5.41) is 10.4. The van der Waals surface area contributed by atoms with E-state index in [1.165, 1.54) is 11.8 Å². The fourth-order valence-electron chi connectivity index (χ4n) is 5.25. The van der Waals surface area contributed by atoms with Gasteiger partial charge in [-0.15, -0.1) is 0 Å². The van der Waals surface area contributed by atoms with E-state index >= 15 is 0 Å². The topological polar surface area (TPSA) is 26.7 Å². The van der Waals surface area contributed by atoms with Gasteiger partial charge in [-0.25, -0.2) is 4.39 Å². The molecule has 176 valence electrons. The second-order valence-corrected chi connectivity index (χ2v) is 9.92. The molecule has 0 aromatic heterocycles. The van der Waals surface area contributed by atoms with E-state index in [1.54, 1.807) is 18.2 Å². The van der Waals surface area contributed by atoms with Crippen LogP contribution in [0.3, 0.4) is 0 Å². The van der Waals surface area contributed by atoms with Crippen LogP contribution < -0.4 is 4.90 Å². The molecule has 3 aromatic carbocycles. The van der Waals surface area contributed by atoms with E-state index in [9.17, 15) is 9.50 Å². The Balaban J connectivity index is 1.54. The highest BCUT2D eigenvalue weighted by Crippen LogP contribution is 2.43. The first kappa shape index (κ1) is 22.9. The van der Waals surface area contributed by atoms with Gasteiger partial charge in [0, 0.05) is 48.5 Å². The third-order valence-corrected chi connectivity index (χ3v) is 7.36. The number of aromatic hydroxyl groups is 1. The lowest BCUT2D eigenvalue weighted by Crippen LogP contribution is -2.48. The van der Waals surface area contributed by atoms with Gasteiger partial charge in [-0.1, -0.05) is 35.9 Å². The highest BCUT2D eigenvalue weighted by atomic mass is 35.5. The van der Waals surface area contributed by atoms with E-state index in [4.69, 9.17) is 11.6 Å². The summed E-state index contributed by atoms with van der Waals surface area (Å²) in [6, 6.07) is 19.6. The van der Waals surface area contributed by atoms with E-state index in [2.05, 4.69) is 47.9 Å². The molecule has 1 saturated heterocycles. The molecule has 0 saturated carbocycles. The van der Waals surface area contributed by atoms with Crippen LogP contribution in [-0.4, -0.2) is 42.2 Å². The Hall–Kier alpha value is -2.82. The number of hydrogen-bond donors (Lipinski definition) is 1. The third-order valence-electron chi connectivity index (χ3n) is 7.13. The number of fused-ring (bicyclic) bond motifs is 1. The summed E-state index contributed by atoms with van der Waals surface area (Å²) in [5.74, 6) is -0.0445. The molecule has 0 bridgehead atoms. The minimum atomic E-state index is -0.304. The van der Waals surface area contributed by atoms with Gasteiger partial charge in [-0.05, 0) is 90.9 Å². The molecule has 0 spiro atoms. The highest BCUT2D eigenvalue weighted by Gasteiger charge is 2.24. The molecule has 0 amide bonds. The zero-order valence-electron chi connectivity index (χ0n) is 19.7. The molecule has 0 unspecified atom stereocenters. The predicted molar refractivity (Wildman–Crippen MR) is 139 cm³/mol. The first-order chi connectivity index (χ1) is 16.4. The highest BCUT2D eigenvalue weighted by molar-refractivity contribution is 6.30. The number of aryl methyl sites for hydroxylation is 1. The van der Waals surface area contributed by atoms with Crippen molar-refractivity contribution in [3.8, 4) is 5.75 Å². The number of piperazine rings is 1. The van der Waals surface area contributed by atoms with Gasteiger partial charge in [0.15, 0.2) is 0 Å². The Bertz CT molecular complexity index is 1230. The lowest BCUT2D eigenvalue weighted by Gasteiger charge is -2.38. The molecule has 0 atom stereocenters. The number of anilines is 1. The molecule has 3 aromatic rings. The Morgan fingerprint density at radius 2 is 1.56 bits per heavy atom. The molecule has 5 heteroatoms. The Morgan fingerprint density at radius 1 is 0.853 bits per heavy atom. The number of benzene rings is 3. The minimum Gasteiger partial charge on any atom is -0.508 e. The third kappa shape index (κ3) is 4.45. The monoisotopic (exact) mass is 476 g/mol. The molecule has 1 aliphatic carbocycles. The number of halogens is 2. The van der Waals surface area contributed by atoms with Crippen LogP contribution in [-0.2, 0) is 6.42 Å². The maximum Gasteiger partial charge on any atom is 0.132 e. The molecule has 3 nitrogen and oxygen atoms in total.